The average molecular weight is 355 g/mol. The van der Waals surface area contributed by atoms with Crippen molar-refractivity contribution in [3.05, 3.63) is 35.5 Å². The van der Waals surface area contributed by atoms with Crippen LogP contribution in [-0.2, 0) is 11.2 Å². The molecule has 1 aromatic heterocycles. The van der Waals surface area contributed by atoms with Gasteiger partial charge in [0, 0.05) is 17.4 Å². The van der Waals surface area contributed by atoms with Crippen LogP contribution < -0.4 is 5.32 Å². The van der Waals surface area contributed by atoms with E-state index in [1.165, 1.54) is 0 Å². The smallest absolute Gasteiger partial charge is 0.414 e. The first-order valence-electron chi connectivity index (χ1n) is 7.71. The molecule has 1 aliphatic heterocycles. The first-order chi connectivity index (χ1) is 11.8. The van der Waals surface area contributed by atoms with Crippen molar-refractivity contribution in [3.63, 3.8) is 0 Å². The van der Waals surface area contributed by atoms with E-state index in [1.54, 1.807) is 24.3 Å². The Morgan fingerprint density at radius 2 is 2.04 bits per heavy atom. The standard InChI is InChI=1S/C16H16F3N3O3/c17-16(18,19)14-13-10(9-4-1-2-6-11(9)21-13)5-3-7-22(14)15(25)20-8-12(23)24/h1-2,4,6,14,21H,3,5,7-8H2,(H,20,25)(H,23,24). The molecule has 134 valence electrons. The molecule has 0 radical (unpaired) electrons. The Hall–Kier alpha value is -2.71. The summed E-state index contributed by atoms with van der Waals surface area (Å²) in [6.45, 7) is -0.855. The van der Waals surface area contributed by atoms with Gasteiger partial charge in [-0.2, -0.15) is 13.2 Å². The molecule has 25 heavy (non-hydrogen) atoms. The predicted molar refractivity (Wildman–Crippen MR) is 83.2 cm³/mol. The lowest BCUT2D eigenvalue weighted by molar-refractivity contribution is -0.179. The normalized spacial score (nSPS) is 17.9. The van der Waals surface area contributed by atoms with Gasteiger partial charge in [0.1, 0.15) is 6.54 Å². The van der Waals surface area contributed by atoms with Gasteiger partial charge in [0.2, 0.25) is 0 Å². The monoisotopic (exact) mass is 355 g/mol. The van der Waals surface area contributed by atoms with Crippen LogP contribution in [-0.4, -0.2) is 46.3 Å². The van der Waals surface area contributed by atoms with Crippen LogP contribution in [0.5, 0.6) is 0 Å². The summed E-state index contributed by atoms with van der Waals surface area (Å²) in [5.41, 5.74) is 1.07. The van der Waals surface area contributed by atoms with Crippen LogP contribution in [0.4, 0.5) is 18.0 Å². The van der Waals surface area contributed by atoms with Crippen molar-refractivity contribution in [1.82, 2.24) is 15.2 Å². The number of rotatable bonds is 2. The number of fused-ring (bicyclic) bond motifs is 3. The second-order valence-corrected chi connectivity index (χ2v) is 5.86. The van der Waals surface area contributed by atoms with Crippen LogP contribution >= 0.6 is 0 Å². The molecule has 1 unspecified atom stereocenters. The molecule has 3 rings (SSSR count). The highest BCUT2D eigenvalue weighted by atomic mass is 19.4. The molecule has 2 amide bonds. The number of aryl methyl sites for hydroxylation is 1. The number of carbonyl (C=O) groups is 2. The van der Waals surface area contributed by atoms with Crippen molar-refractivity contribution in [2.75, 3.05) is 13.1 Å². The molecule has 9 heteroatoms. The highest BCUT2D eigenvalue weighted by molar-refractivity contribution is 5.86. The fourth-order valence-corrected chi connectivity index (χ4v) is 3.25. The number of carboxylic acids is 1. The van der Waals surface area contributed by atoms with Crippen LogP contribution in [0.1, 0.15) is 23.7 Å². The maximum Gasteiger partial charge on any atom is 0.414 e. The number of hydrogen-bond acceptors (Lipinski definition) is 2. The number of nitrogens with zero attached hydrogens (tertiary/aromatic N) is 1. The lowest BCUT2D eigenvalue weighted by Crippen LogP contribution is -2.48. The molecule has 0 saturated carbocycles. The highest BCUT2D eigenvalue weighted by Crippen LogP contribution is 2.42. The Morgan fingerprint density at radius 3 is 2.72 bits per heavy atom. The van der Waals surface area contributed by atoms with Gasteiger partial charge in [0.25, 0.3) is 0 Å². The summed E-state index contributed by atoms with van der Waals surface area (Å²) in [4.78, 5) is 26.2. The predicted octanol–water partition coefficient (Wildman–Crippen LogP) is 2.81. The maximum absolute atomic E-state index is 13.8. The summed E-state index contributed by atoms with van der Waals surface area (Å²) >= 11 is 0. The van der Waals surface area contributed by atoms with Crippen LogP contribution in [0.15, 0.2) is 24.3 Å². The SMILES string of the molecule is O=C(O)CNC(=O)N1CCCc2c([nH]c3ccccc23)C1C(F)(F)F. The molecule has 1 atom stereocenters. The quantitative estimate of drug-likeness (QED) is 0.774. The number of halogens is 3. The molecule has 0 bridgehead atoms. The van der Waals surface area contributed by atoms with Crippen LogP contribution in [0.3, 0.4) is 0 Å². The average Bonchev–Trinajstić information content (AvgIpc) is 2.76. The number of aliphatic carboxylic acids is 1. The third-order valence-electron chi connectivity index (χ3n) is 4.22. The number of benzene rings is 1. The van der Waals surface area contributed by atoms with E-state index < -0.39 is 30.8 Å². The van der Waals surface area contributed by atoms with E-state index in [1.807, 2.05) is 5.32 Å². The van der Waals surface area contributed by atoms with Crippen LogP contribution in [0, 0.1) is 0 Å². The van der Waals surface area contributed by atoms with Gasteiger partial charge >= 0.3 is 18.2 Å². The molecule has 6 nitrogen and oxygen atoms in total. The molecule has 0 aliphatic carbocycles. The molecular formula is C16H16F3N3O3. The van der Waals surface area contributed by atoms with E-state index in [0.717, 1.165) is 0 Å². The van der Waals surface area contributed by atoms with Gasteiger partial charge in [0.15, 0.2) is 6.04 Å². The Balaban J connectivity index is 2.06. The third-order valence-corrected chi connectivity index (χ3v) is 4.22. The second-order valence-electron chi connectivity index (χ2n) is 5.86. The first kappa shape index (κ1) is 17.1. The zero-order valence-corrected chi connectivity index (χ0v) is 13.1. The Kier molecular flexibility index (Phi) is 4.32. The minimum atomic E-state index is -4.69. The summed E-state index contributed by atoms with van der Waals surface area (Å²) in [6.07, 6.45) is -3.95. The number of H-pyrrole nitrogens is 1. The number of aromatic nitrogens is 1. The van der Waals surface area contributed by atoms with Crippen molar-refractivity contribution in [1.29, 1.82) is 0 Å². The van der Waals surface area contributed by atoms with Gasteiger partial charge < -0.3 is 20.3 Å². The zero-order chi connectivity index (χ0) is 18.2. The van der Waals surface area contributed by atoms with Gasteiger partial charge in [-0.3, -0.25) is 4.79 Å². The Morgan fingerprint density at radius 1 is 1.32 bits per heavy atom. The van der Waals surface area contributed by atoms with Crippen molar-refractivity contribution < 1.29 is 27.9 Å². The number of carbonyl (C=O) groups excluding carboxylic acids is 1. The number of para-hydroxylation sites is 1. The van der Waals surface area contributed by atoms with Crippen molar-refractivity contribution in [3.8, 4) is 0 Å². The summed E-state index contributed by atoms with van der Waals surface area (Å²) < 4.78 is 41.3. The topological polar surface area (TPSA) is 85.4 Å². The van der Waals surface area contributed by atoms with E-state index >= 15 is 0 Å². The minimum absolute atomic E-state index is 0.0586. The van der Waals surface area contributed by atoms with Gasteiger partial charge in [0.05, 0.1) is 5.69 Å². The van der Waals surface area contributed by atoms with Gasteiger partial charge in [-0.25, -0.2) is 4.79 Å². The molecule has 1 aliphatic rings. The van der Waals surface area contributed by atoms with E-state index in [2.05, 4.69) is 4.98 Å². The Bertz CT molecular complexity index is 816. The fourth-order valence-electron chi connectivity index (χ4n) is 3.25. The maximum atomic E-state index is 13.8. The van der Waals surface area contributed by atoms with Crippen molar-refractivity contribution in [2.24, 2.45) is 0 Å². The van der Waals surface area contributed by atoms with Gasteiger partial charge in [-0.05, 0) is 24.5 Å². The largest absolute Gasteiger partial charge is 0.480 e. The number of urea groups is 1. The summed E-state index contributed by atoms with van der Waals surface area (Å²) in [6, 6.07) is 3.71. The minimum Gasteiger partial charge on any atom is -0.480 e. The van der Waals surface area contributed by atoms with Gasteiger partial charge in [-0.1, -0.05) is 18.2 Å². The summed E-state index contributed by atoms with van der Waals surface area (Å²) in [5, 5.41) is 11.4. The number of amides is 2. The van der Waals surface area contributed by atoms with E-state index in [9.17, 15) is 22.8 Å². The highest BCUT2D eigenvalue weighted by Gasteiger charge is 2.49. The van der Waals surface area contributed by atoms with E-state index in [4.69, 9.17) is 5.11 Å². The summed E-state index contributed by atoms with van der Waals surface area (Å²) in [5.74, 6) is -1.32. The van der Waals surface area contributed by atoms with Crippen LogP contribution in [0.2, 0.25) is 0 Å². The lowest BCUT2D eigenvalue weighted by Gasteiger charge is -2.31. The first-order valence-corrected chi connectivity index (χ1v) is 7.71. The molecule has 3 N–H and O–H groups in total. The van der Waals surface area contributed by atoms with Gasteiger partial charge in [-0.15, -0.1) is 0 Å². The number of alkyl halides is 3. The molecule has 1 aromatic carbocycles. The lowest BCUT2D eigenvalue weighted by atomic mass is 10.0. The fraction of sp³-hybridized carbons (Fsp3) is 0.375. The zero-order valence-electron chi connectivity index (χ0n) is 13.1. The molecule has 0 fully saturated rings. The van der Waals surface area contributed by atoms with Crippen molar-refractivity contribution in [2.45, 2.75) is 25.1 Å². The third kappa shape index (κ3) is 3.26. The number of hydrogen-bond donors (Lipinski definition) is 3. The summed E-state index contributed by atoms with van der Waals surface area (Å²) in [7, 11) is 0. The molecule has 2 aromatic rings. The van der Waals surface area contributed by atoms with E-state index in [0.29, 0.717) is 34.2 Å². The Labute approximate surface area is 140 Å². The number of aromatic amines is 1. The molecule has 2 heterocycles. The molecular weight excluding hydrogens is 339 g/mol. The van der Waals surface area contributed by atoms with Crippen LogP contribution in [0.25, 0.3) is 10.9 Å². The molecule has 0 spiro atoms. The van der Waals surface area contributed by atoms with E-state index in [-0.39, 0.29) is 12.2 Å². The number of nitrogens with one attached hydrogen (secondary N) is 2. The molecule has 0 saturated heterocycles. The second kappa shape index (κ2) is 6.30. The van der Waals surface area contributed by atoms with Crippen molar-refractivity contribution >= 4 is 22.9 Å². The number of carboxylic acid groups (broad SMARTS) is 1.